The van der Waals surface area contributed by atoms with Gasteiger partial charge in [-0.1, -0.05) is 34.5 Å². The third kappa shape index (κ3) is 3.19. The summed E-state index contributed by atoms with van der Waals surface area (Å²) in [4.78, 5) is 0.405. The minimum atomic E-state index is 0.140. The summed E-state index contributed by atoms with van der Waals surface area (Å²) >= 11 is 9.61. The highest BCUT2D eigenvalue weighted by molar-refractivity contribution is 9.09. The molecule has 100 valence electrons. The average Bonchev–Trinajstić information content (AvgIpc) is 2.33. The van der Waals surface area contributed by atoms with Gasteiger partial charge < -0.3 is 9.47 Å². The van der Waals surface area contributed by atoms with Crippen LogP contribution < -0.4 is 4.74 Å². The van der Waals surface area contributed by atoms with Crippen LogP contribution in [0.15, 0.2) is 18.2 Å². The molecule has 2 rings (SSSR count). The summed E-state index contributed by atoms with van der Waals surface area (Å²) in [5.74, 6) is 0.867. The van der Waals surface area contributed by atoms with Crippen molar-refractivity contribution >= 4 is 27.5 Å². The van der Waals surface area contributed by atoms with E-state index in [4.69, 9.17) is 21.1 Å². The summed E-state index contributed by atoms with van der Waals surface area (Å²) in [5, 5.41) is 0.771. The molecule has 0 saturated heterocycles. The maximum absolute atomic E-state index is 6.00. The SMILES string of the molecule is CCCOC1C(Br)CC1Oc1ccc(Cl)c(C)c1. The molecule has 0 bridgehead atoms. The Hall–Kier alpha value is -0.250. The average molecular weight is 334 g/mol. The Morgan fingerprint density at radius 2 is 2.22 bits per heavy atom. The molecular formula is C14H18BrClO2. The highest BCUT2D eigenvalue weighted by Crippen LogP contribution is 2.35. The van der Waals surface area contributed by atoms with Gasteiger partial charge in [0.1, 0.15) is 18.0 Å². The summed E-state index contributed by atoms with van der Waals surface area (Å²) in [6.07, 6.45) is 2.31. The molecule has 3 unspecified atom stereocenters. The molecule has 0 radical (unpaired) electrons. The Kier molecular flexibility index (Phi) is 4.93. The summed E-state index contributed by atoms with van der Waals surface area (Å²) in [7, 11) is 0. The van der Waals surface area contributed by atoms with E-state index in [1.807, 2.05) is 25.1 Å². The van der Waals surface area contributed by atoms with E-state index in [-0.39, 0.29) is 12.2 Å². The summed E-state index contributed by atoms with van der Waals surface area (Å²) in [5.41, 5.74) is 1.04. The largest absolute Gasteiger partial charge is 0.488 e. The summed E-state index contributed by atoms with van der Waals surface area (Å²) < 4.78 is 11.7. The van der Waals surface area contributed by atoms with Crippen molar-refractivity contribution in [2.45, 2.75) is 43.7 Å². The van der Waals surface area contributed by atoms with Gasteiger partial charge in [0, 0.05) is 22.9 Å². The van der Waals surface area contributed by atoms with Crippen molar-refractivity contribution < 1.29 is 9.47 Å². The molecular weight excluding hydrogens is 316 g/mol. The predicted octanol–water partition coefficient (Wildman–Crippen LogP) is 4.36. The monoisotopic (exact) mass is 332 g/mol. The molecule has 0 spiro atoms. The van der Waals surface area contributed by atoms with Gasteiger partial charge in [-0.15, -0.1) is 0 Å². The molecule has 3 atom stereocenters. The highest BCUT2D eigenvalue weighted by Gasteiger charge is 2.42. The lowest BCUT2D eigenvalue weighted by atomic mass is 9.91. The van der Waals surface area contributed by atoms with E-state index in [9.17, 15) is 0 Å². The second kappa shape index (κ2) is 6.27. The highest BCUT2D eigenvalue weighted by atomic mass is 79.9. The van der Waals surface area contributed by atoms with Gasteiger partial charge in [0.2, 0.25) is 0 Å². The molecule has 1 saturated carbocycles. The minimum absolute atomic E-state index is 0.140. The molecule has 0 N–H and O–H groups in total. The maximum atomic E-state index is 6.00. The second-order valence-corrected chi connectivity index (χ2v) is 6.24. The van der Waals surface area contributed by atoms with Crippen molar-refractivity contribution in [1.82, 2.24) is 0 Å². The zero-order chi connectivity index (χ0) is 13.1. The van der Waals surface area contributed by atoms with Crippen LogP contribution in [0.5, 0.6) is 5.75 Å². The van der Waals surface area contributed by atoms with Crippen molar-refractivity contribution in [3.8, 4) is 5.75 Å². The van der Waals surface area contributed by atoms with Crippen LogP contribution in [0.4, 0.5) is 0 Å². The van der Waals surface area contributed by atoms with Crippen LogP contribution >= 0.6 is 27.5 Å². The molecule has 18 heavy (non-hydrogen) atoms. The van der Waals surface area contributed by atoms with E-state index < -0.39 is 0 Å². The Labute approximate surface area is 122 Å². The van der Waals surface area contributed by atoms with Crippen molar-refractivity contribution in [3.63, 3.8) is 0 Å². The number of ether oxygens (including phenoxy) is 2. The van der Waals surface area contributed by atoms with Crippen LogP contribution in [-0.4, -0.2) is 23.6 Å². The second-order valence-electron chi connectivity index (χ2n) is 4.65. The van der Waals surface area contributed by atoms with Crippen LogP contribution in [0.1, 0.15) is 25.3 Å². The van der Waals surface area contributed by atoms with Crippen LogP contribution in [0, 0.1) is 6.92 Å². The predicted molar refractivity (Wildman–Crippen MR) is 78.0 cm³/mol. The van der Waals surface area contributed by atoms with Crippen molar-refractivity contribution in [1.29, 1.82) is 0 Å². The van der Waals surface area contributed by atoms with E-state index >= 15 is 0 Å². The van der Waals surface area contributed by atoms with Gasteiger partial charge in [-0.05, 0) is 37.1 Å². The van der Waals surface area contributed by atoms with Gasteiger partial charge in [0.25, 0.3) is 0 Å². The van der Waals surface area contributed by atoms with E-state index in [1.54, 1.807) is 0 Å². The molecule has 1 aliphatic carbocycles. The molecule has 1 fully saturated rings. The first-order valence-corrected chi connectivity index (χ1v) is 7.59. The van der Waals surface area contributed by atoms with Gasteiger partial charge in [0.05, 0.1) is 0 Å². The molecule has 1 aromatic carbocycles. The fourth-order valence-corrected chi connectivity index (χ4v) is 2.95. The van der Waals surface area contributed by atoms with Crippen LogP contribution in [0.2, 0.25) is 5.02 Å². The van der Waals surface area contributed by atoms with Crippen LogP contribution in [0.25, 0.3) is 0 Å². The normalized spacial score (nSPS) is 26.8. The number of rotatable bonds is 5. The molecule has 0 aliphatic heterocycles. The van der Waals surface area contributed by atoms with E-state index in [1.165, 1.54) is 0 Å². The third-order valence-electron chi connectivity index (χ3n) is 3.11. The topological polar surface area (TPSA) is 18.5 Å². The number of aryl methyl sites for hydroxylation is 1. The quantitative estimate of drug-likeness (QED) is 0.745. The molecule has 0 heterocycles. The summed E-state index contributed by atoms with van der Waals surface area (Å²) in [6, 6.07) is 5.76. The zero-order valence-corrected chi connectivity index (χ0v) is 13.0. The number of halogens is 2. The Morgan fingerprint density at radius 1 is 1.44 bits per heavy atom. The number of alkyl halides is 1. The Morgan fingerprint density at radius 3 is 2.83 bits per heavy atom. The van der Waals surface area contributed by atoms with E-state index in [2.05, 4.69) is 22.9 Å². The van der Waals surface area contributed by atoms with Crippen LogP contribution in [-0.2, 0) is 4.74 Å². The van der Waals surface area contributed by atoms with Gasteiger partial charge in [-0.2, -0.15) is 0 Å². The lowest BCUT2D eigenvalue weighted by Gasteiger charge is -2.41. The fourth-order valence-electron chi connectivity index (χ4n) is 1.97. The Bertz CT molecular complexity index is 411. The van der Waals surface area contributed by atoms with E-state index in [0.29, 0.717) is 4.83 Å². The standard InChI is InChI=1S/C14H18BrClO2/c1-3-6-17-14-11(15)8-13(14)18-10-4-5-12(16)9(2)7-10/h4-5,7,11,13-14H,3,6,8H2,1-2H3. The first-order chi connectivity index (χ1) is 8.61. The van der Waals surface area contributed by atoms with Gasteiger partial charge >= 0.3 is 0 Å². The van der Waals surface area contributed by atoms with Gasteiger partial charge in [-0.25, -0.2) is 0 Å². The van der Waals surface area contributed by atoms with E-state index in [0.717, 1.165) is 35.8 Å². The lowest BCUT2D eigenvalue weighted by Crippen LogP contribution is -2.52. The third-order valence-corrected chi connectivity index (χ3v) is 4.43. The maximum Gasteiger partial charge on any atom is 0.127 e. The van der Waals surface area contributed by atoms with Crippen molar-refractivity contribution in [2.75, 3.05) is 6.61 Å². The zero-order valence-electron chi connectivity index (χ0n) is 10.7. The lowest BCUT2D eigenvalue weighted by molar-refractivity contribution is -0.0762. The van der Waals surface area contributed by atoms with Gasteiger partial charge in [-0.3, -0.25) is 0 Å². The summed E-state index contributed by atoms with van der Waals surface area (Å²) in [6.45, 7) is 4.88. The fraction of sp³-hybridized carbons (Fsp3) is 0.571. The first-order valence-electron chi connectivity index (χ1n) is 6.30. The van der Waals surface area contributed by atoms with Gasteiger partial charge in [0.15, 0.2) is 0 Å². The van der Waals surface area contributed by atoms with Crippen LogP contribution in [0.3, 0.4) is 0 Å². The molecule has 1 aromatic rings. The minimum Gasteiger partial charge on any atom is -0.488 e. The number of benzene rings is 1. The molecule has 0 amide bonds. The Balaban J connectivity index is 1.94. The smallest absolute Gasteiger partial charge is 0.127 e. The molecule has 2 nitrogen and oxygen atoms in total. The van der Waals surface area contributed by atoms with Crippen molar-refractivity contribution in [2.24, 2.45) is 0 Å². The van der Waals surface area contributed by atoms with Crippen molar-refractivity contribution in [3.05, 3.63) is 28.8 Å². The molecule has 0 aromatic heterocycles. The first kappa shape index (κ1) is 14.2. The number of hydrogen-bond acceptors (Lipinski definition) is 2. The number of hydrogen-bond donors (Lipinski definition) is 0. The molecule has 1 aliphatic rings. The molecule has 4 heteroatoms.